The molecule has 90 valence electrons. The highest BCUT2D eigenvalue weighted by molar-refractivity contribution is 8.01. The van der Waals surface area contributed by atoms with Crippen molar-refractivity contribution in [2.45, 2.75) is 16.6 Å². The number of carbonyl (C=O) groups is 1. The van der Waals surface area contributed by atoms with E-state index in [4.69, 9.17) is 5.73 Å². The maximum atomic E-state index is 11.9. The van der Waals surface area contributed by atoms with Crippen LogP contribution >= 0.6 is 11.8 Å². The second-order valence-electron chi connectivity index (χ2n) is 4.54. The number of fused-ring (bicyclic) bond motifs is 3. The maximum Gasteiger partial charge on any atom is 0.238 e. The van der Waals surface area contributed by atoms with E-state index in [1.54, 1.807) is 0 Å². The van der Waals surface area contributed by atoms with E-state index < -0.39 is 4.75 Å². The molecule has 0 aliphatic carbocycles. The van der Waals surface area contributed by atoms with Crippen LogP contribution in [0, 0.1) is 0 Å². The zero-order valence-corrected chi connectivity index (χ0v) is 10.8. The maximum absolute atomic E-state index is 11.9. The van der Waals surface area contributed by atoms with Crippen molar-refractivity contribution >= 4 is 17.7 Å². The summed E-state index contributed by atoms with van der Waals surface area (Å²) in [4.78, 5) is 13.0. The molecule has 0 saturated carbocycles. The van der Waals surface area contributed by atoms with Gasteiger partial charge in [0.25, 0.3) is 0 Å². The van der Waals surface area contributed by atoms with E-state index in [1.807, 2.05) is 43.3 Å². The first-order chi connectivity index (χ1) is 8.63. The van der Waals surface area contributed by atoms with Crippen LogP contribution in [0.2, 0.25) is 0 Å². The third-order valence-corrected chi connectivity index (χ3v) is 4.81. The van der Waals surface area contributed by atoms with Gasteiger partial charge in [-0.05, 0) is 29.7 Å². The van der Waals surface area contributed by atoms with Crippen LogP contribution in [0.5, 0.6) is 0 Å². The molecule has 0 fully saturated rings. The van der Waals surface area contributed by atoms with Crippen LogP contribution in [0.1, 0.15) is 12.5 Å². The fourth-order valence-corrected chi connectivity index (χ4v) is 3.63. The fourth-order valence-electron chi connectivity index (χ4n) is 2.37. The summed E-state index contributed by atoms with van der Waals surface area (Å²) in [6, 6.07) is 16.1. The third kappa shape index (κ3) is 1.47. The second-order valence-corrected chi connectivity index (χ2v) is 6.00. The fraction of sp³-hybridized carbons (Fsp3) is 0.133. The van der Waals surface area contributed by atoms with Gasteiger partial charge < -0.3 is 5.73 Å². The number of hydrogen-bond donors (Lipinski definition) is 1. The molecule has 1 unspecified atom stereocenters. The Labute approximate surface area is 110 Å². The quantitative estimate of drug-likeness (QED) is 0.850. The third-order valence-electron chi connectivity index (χ3n) is 3.40. The van der Waals surface area contributed by atoms with Gasteiger partial charge in [-0.15, -0.1) is 11.8 Å². The number of thioether (sulfide) groups is 1. The normalized spacial score (nSPS) is 20.9. The number of benzene rings is 2. The van der Waals surface area contributed by atoms with Crippen molar-refractivity contribution in [3.63, 3.8) is 0 Å². The van der Waals surface area contributed by atoms with Gasteiger partial charge in [-0.25, -0.2) is 0 Å². The van der Waals surface area contributed by atoms with Crippen LogP contribution in [0.25, 0.3) is 11.1 Å². The standard InChI is InChI=1S/C15H13NOS/c1-15(14(16)17)12-8-4-2-6-10(12)11-7-3-5-9-13(11)18-15/h2-9H,1H3,(H2,16,17). The molecule has 1 aliphatic heterocycles. The Bertz CT molecular complexity index is 638. The zero-order valence-electron chi connectivity index (χ0n) is 10.0. The number of carbonyl (C=O) groups excluding carboxylic acids is 1. The topological polar surface area (TPSA) is 43.1 Å². The first-order valence-electron chi connectivity index (χ1n) is 5.81. The molecule has 1 aliphatic rings. The summed E-state index contributed by atoms with van der Waals surface area (Å²) in [5.74, 6) is -0.297. The summed E-state index contributed by atoms with van der Waals surface area (Å²) in [6.07, 6.45) is 0. The molecular weight excluding hydrogens is 242 g/mol. The number of primary amides is 1. The first-order valence-corrected chi connectivity index (χ1v) is 6.62. The Morgan fingerprint density at radius 3 is 2.39 bits per heavy atom. The average molecular weight is 255 g/mol. The lowest BCUT2D eigenvalue weighted by Gasteiger charge is -2.33. The lowest BCUT2D eigenvalue weighted by molar-refractivity contribution is -0.120. The highest BCUT2D eigenvalue weighted by Crippen LogP contribution is 2.52. The van der Waals surface area contributed by atoms with Crippen molar-refractivity contribution in [3.8, 4) is 11.1 Å². The molecule has 2 aromatic rings. The van der Waals surface area contributed by atoms with Gasteiger partial charge in [0.1, 0.15) is 4.75 Å². The molecule has 0 saturated heterocycles. The van der Waals surface area contributed by atoms with Crippen molar-refractivity contribution in [1.29, 1.82) is 0 Å². The van der Waals surface area contributed by atoms with Gasteiger partial charge in [-0.3, -0.25) is 4.79 Å². The minimum absolute atomic E-state index is 0.297. The van der Waals surface area contributed by atoms with Crippen LogP contribution in [-0.4, -0.2) is 5.91 Å². The van der Waals surface area contributed by atoms with E-state index in [2.05, 4.69) is 12.1 Å². The summed E-state index contributed by atoms with van der Waals surface area (Å²) in [7, 11) is 0. The van der Waals surface area contributed by atoms with Crippen molar-refractivity contribution in [1.82, 2.24) is 0 Å². The lowest BCUT2D eigenvalue weighted by atomic mass is 9.90. The SMILES string of the molecule is CC1(C(N)=O)Sc2ccccc2-c2ccccc21. The Kier molecular flexibility index (Phi) is 2.45. The molecule has 1 amide bonds. The Morgan fingerprint density at radius 1 is 1.06 bits per heavy atom. The smallest absolute Gasteiger partial charge is 0.238 e. The van der Waals surface area contributed by atoms with Crippen LogP contribution in [0.3, 0.4) is 0 Å². The van der Waals surface area contributed by atoms with Crippen molar-refractivity contribution in [2.75, 3.05) is 0 Å². The van der Waals surface area contributed by atoms with Crippen LogP contribution < -0.4 is 5.73 Å². The minimum Gasteiger partial charge on any atom is -0.368 e. The molecule has 2 nitrogen and oxygen atoms in total. The zero-order chi connectivity index (χ0) is 12.8. The van der Waals surface area contributed by atoms with Crippen molar-refractivity contribution in [3.05, 3.63) is 54.1 Å². The lowest BCUT2D eigenvalue weighted by Crippen LogP contribution is -2.37. The van der Waals surface area contributed by atoms with Gasteiger partial charge in [0.05, 0.1) is 0 Å². The van der Waals surface area contributed by atoms with Crippen LogP contribution in [-0.2, 0) is 9.54 Å². The molecule has 3 heteroatoms. The molecule has 1 heterocycles. The molecule has 3 rings (SSSR count). The summed E-state index contributed by atoms with van der Waals surface area (Å²) in [5.41, 5.74) is 8.90. The second kappa shape index (κ2) is 3.89. The molecule has 2 N–H and O–H groups in total. The van der Waals surface area contributed by atoms with E-state index in [9.17, 15) is 4.79 Å². The van der Waals surface area contributed by atoms with Gasteiger partial charge in [-0.2, -0.15) is 0 Å². The Morgan fingerprint density at radius 2 is 1.67 bits per heavy atom. The molecule has 0 radical (unpaired) electrons. The Balaban J connectivity index is 2.33. The predicted octanol–water partition coefficient (Wildman–Crippen LogP) is 3.16. The molecular formula is C15H13NOS. The number of rotatable bonds is 1. The van der Waals surface area contributed by atoms with Crippen molar-refractivity contribution < 1.29 is 4.79 Å². The predicted molar refractivity (Wildman–Crippen MR) is 74.3 cm³/mol. The molecule has 18 heavy (non-hydrogen) atoms. The molecule has 0 aromatic heterocycles. The van der Waals surface area contributed by atoms with Crippen molar-refractivity contribution in [2.24, 2.45) is 5.73 Å². The summed E-state index contributed by atoms with van der Waals surface area (Å²) < 4.78 is -0.690. The van der Waals surface area contributed by atoms with Gasteiger partial charge in [0.15, 0.2) is 0 Å². The monoisotopic (exact) mass is 255 g/mol. The number of nitrogens with two attached hydrogens (primary N) is 1. The minimum atomic E-state index is -0.690. The van der Waals surface area contributed by atoms with Gasteiger partial charge >= 0.3 is 0 Å². The Hall–Kier alpha value is -1.74. The van der Waals surface area contributed by atoms with E-state index in [-0.39, 0.29) is 5.91 Å². The van der Waals surface area contributed by atoms with E-state index in [0.717, 1.165) is 16.0 Å². The molecule has 0 bridgehead atoms. The number of hydrogen-bond acceptors (Lipinski definition) is 2. The van der Waals surface area contributed by atoms with Gasteiger partial charge in [-0.1, -0.05) is 42.5 Å². The average Bonchev–Trinajstić information content (AvgIpc) is 2.39. The van der Waals surface area contributed by atoms with E-state index >= 15 is 0 Å². The number of amides is 1. The molecule has 1 atom stereocenters. The highest BCUT2D eigenvalue weighted by atomic mass is 32.2. The van der Waals surface area contributed by atoms with Crippen LogP contribution in [0.15, 0.2) is 53.4 Å². The highest BCUT2D eigenvalue weighted by Gasteiger charge is 2.40. The first kappa shape index (κ1) is 11.4. The summed E-state index contributed by atoms with van der Waals surface area (Å²) in [5, 5.41) is 0. The summed E-state index contributed by atoms with van der Waals surface area (Å²) >= 11 is 1.54. The van der Waals surface area contributed by atoms with E-state index in [1.165, 1.54) is 17.3 Å². The van der Waals surface area contributed by atoms with E-state index in [0.29, 0.717) is 0 Å². The van der Waals surface area contributed by atoms with Crippen LogP contribution in [0.4, 0.5) is 0 Å². The van der Waals surface area contributed by atoms with Gasteiger partial charge in [0.2, 0.25) is 5.91 Å². The molecule has 2 aromatic carbocycles. The summed E-state index contributed by atoms with van der Waals surface area (Å²) in [6.45, 7) is 1.90. The van der Waals surface area contributed by atoms with Gasteiger partial charge in [0, 0.05) is 4.90 Å². The largest absolute Gasteiger partial charge is 0.368 e. The molecule has 0 spiro atoms.